The highest BCUT2D eigenvalue weighted by Crippen LogP contribution is 2.31. The quantitative estimate of drug-likeness (QED) is 0.866. The summed E-state index contributed by atoms with van der Waals surface area (Å²) in [5.74, 6) is -0.133. The van der Waals surface area contributed by atoms with Gasteiger partial charge in [0, 0.05) is 32.2 Å². The lowest BCUT2D eigenvalue weighted by atomic mass is 9.80. The monoisotopic (exact) mass is 276 g/mol. The van der Waals surface area contributed by atoms with E-state index in [2.05, 4.69) is 15.4 Å². The zero-order valence-corrected chi connectivity index (χ0v) is 11.0. The minimum atomic E-state index is -0.785. The number of ether oxygens (including phenoxy) is 1. The molecule has 0 atom stereocenters. The molecular weight excluding hydrogens is 260 g/mol. The molecule has 2 N–H and O–H groups in total. The van der Waals surface area contributed by atoms with E-state index >= 15 is 0 Å². The van der Waals surface area contributed by atoms with Crippen molar-refractivity contribution in [2.45, 2.75) is 12.8 Å². The predicted molar refractivity (Wildman–Crippen MR) is 71.6 cm³/mol. The molecular formula is C13H16N4O3. The topological polar surface area (TPSA) is 88.8 Å². The Kier molecular flexibility index (Phi) is 3.27. The number of rotatable bonds is 4. The maximum absolute atomic E-state index is 11.6. The molecule has 0 spiro atoms. The van der Waals surface area contributed by atoms with Gasteiger partial charge in [-0.05, 0) is 18.9 Å². The Morgan fingerprint density at radius 1 is 1.45 bits per heavy atom. The summed E-state index contributed by atoms with van der Waals surface area (Å²) in [6.07, 6.45) is 6.10. The van der Waals surface area contributed by atoms with Crippen LogP contribution in [0.25, 0.3) is 5.52 Å². The number of nitrogens with zero attached hydrogens (tertiary/aromatic N) is 3. The van der Waals surface area contributed by atoms with Gasteiger partial charge in [-0.15, -0.1) is 0 Å². The van der Waals surface area contributed by atoms with Gasteiger partial charge in [-0.1, -0.05) is 0 Å². The van der Waals surface area contributed by atoms with E-state index in [1.165, 1.54) is 0 Å². The third-order valence-corrected chi connectivity index (χ3v) is 3.82. The van der Waals surface area contributed by atoms with Crippen molar-refractivity contribution < 1.29 is 14.6 Å². The number of hydrogen-bond acceptors (Lipinski definition) is 5. The number of fused-ring (bicyclic) bond motifs is 1. The van der Waals surface area contributed by atoms with Crippen molar-refractivity contribution in [2.24, 2.45) is 5.41 Å². The third kappa shape index (κ3) is 2.20. The van der Waals surface area contributed by atoms with Crippen LogP contribution in [-0.4, -0.2) is 45.4 Å². The van der Waals surface area contributed by atoms with Crippen molar-refractivity contribution in [2.75, 3.05) is 25.1 Å². The Morgan fingerprint density at radius 2 is 2.25 bits per heavy atom. The van der Waals surface area contributed by atoms with Crippen LogP contribution in [0, 0.1) is 5.41 Å². The van der Waals surface area contributed by atoms with Gasteiger partial charge in [0.15, 0.2) is 5.82 Å². The Bertz CT molecular complexity index is 619. The van der Waals surface area contributed by atoms with E-state index in [1.807, 2.05) is 6.07 Å². The fourth-order valence-electron chi connectivity index (χ4n) is 2.48. The van der Waals surface area contributed by atoms with Crippen LogP contribution < -0.4 is 5.32 Å². The molecule has 0 saturated carbocycles. The standard InChI is InChI=1S/C13H16N4O3/c18-12(19)13(2-7-20-8-3-13)9-15-11-10-1-4-16-17(10)6-5-14-11/h1,4-6H,2-3,7-9H2,(H,14,15)(H,18,19). The number of aliphatic carboxylic acids is 1. The summed E-state index contributed by atoms with van der Waals surface area (Å²) in [5.41, 5.74) is 0.0485. The average Bonchev–Trinajstić information content (AvgIpc) is 2.95. The lowest BCUT2D eigenvalue weighted by Crippen LogP contribution is -2.42. The molecule has 1 aliphatic rings. The van der Waals surface area contributed by atoms with Crippen LogP contribution in [-0.2, 0) is 9.53 Å². The van der Waals surface area contributed by atoms with Gasteiger partial charge in [-0.3, -0.25) is 4.79 Å². The molecule has 7 nitrogen and oxygen atoms in total. The molecule has 0 unspecified atom stereocenters. The summed E-state index contributed by atoms with van der Waals surface area (Å²) < 4.78 is 6.97. The zero-order chi connectivity index (χ0) is 14.0. The second-order valence-corrected chi connectivity index (χ2v) is 4.99. The molecule has 0 radical (unpaired) electrons. The van der Waals surface area contributed by atoms with Crippen LogP contribution in [0.4, 0.5) is 5.82 Å². The first-order chi connectivity index (χ1) is 9.71. The summed E-state index contributed by atoms with van der Waals surface area (Å²) in [5, 5.41) is 16.8. The predicted octanol–water partition coefficient (Wildman–Crippen LogP) is 1.02. The molecule has 0 bridgehead atoms. The van der Waals surface area contributed by atoms with Crippen molar-refractivity contribution in [3.8, 4) is 0 Å². The lowest BCUT2D eigenvalue weighted by Gasteiger charge is -2.33. The molecule has 2 aromatic rings. The van der Waals surface area contributed by atoms with E-state index in [9.17, 15) is 9.90 Å². The SMILES string of the molecule is O=C(O)C1(CNc2nccn3nccc23)CCOCC1. The maximum Gasteiger partial charge on any atom is 0.311 e. The van der Waals surface area contributed by atoms with Crippen LogP contribution in [0.2, 0.25) is 0 Å². The zero-order valence-electron chi connectivity index (χ0n) is 11.0. The Hall–Kier alpha value is -2.15. The van der Waals surface area contributed by atoms with Crippen LogP contribution in [0.5, 0.6) is 0 Å². The highest BCUT2D eigenvalue weighted by atomic mass is 16.5. The number of carboxylic acids is 1. The average molecular weight is 276 g/mol. The number of aromatic nitrogens is 3. The van der Waals surface area contributed by atoms with Gasteiger partial charge >= 0.3 is 5.97 Å². The van der Waals surface area contributed by atoms with Gasteiger partial charge in [0.1, 0.15) is 5.52 Å². The molecule has 1 fully saturated rings. The molecule has 0 amide bonds. The largest absolute Gasteiger partial charge is 0.481 e. The highest BCUT2D eigenvalue weighted by molar-refractivity contribution is 5.76. The minimum Gasteiger partial charge on any atom is -0.481 e. The van der Waals surface area contributed by atoms with Gasteiger partial charge < -0.3 is 15.2 Å². The molecule has 3 heterocycles. The lowest BCUT2D eigenvalue weighted by molar-refractivity contribution is -0.153. The van der Waals surface area contributed by atoms with Crippen molar-refractivity contribution in [1.82, 2.24) is 14.6 Å². The van der Waals surface area contributed by atoms with E-state index in [0.717, 1.165) is 5.52 Å². The van der Waals surface area contributed by atoms with E-state index in [1.54, 1.807) is 23.1 Å². The van der Waals surface area contributed by atoms with Crippen LogP contribution in [0.15, 0.2) is 24.7 Å². The Morgan fingerprint density at radius 3 is 3.00 bits per heavy atom. The third-order valence-electron chi connectivity index (χ3n) is 3.82. The Labute approximate surface area is 115 Å². The Balaban J connectivity index is 1.80. The van der Waals surface area contributed by atoms with Gasteiger partial charge in [0.25, 0.3) is 0 Å². The second kappa shape index (κ2) is 5.09. The first-order valence-corrected chi connectivity index (χ1v) is 6.55. The molecule has 1 aliphatic heterocycles. The van der Waals surface area contributed by atoms with Crippen molar-refractivity contribution >= 4 is 17.3 Å². The summed E-state index contributed by atoms with van der Waals surface area (Å²) in [7, 11) is 0. The highest BCUT2D eigenvalue weighted by Gasteiger charge is 2.40. The van der Waals surface area contributed by atoms with Gasteiger partial charge in [0.05, 0.1) is 11.6 Å². The van der Waals surface area contributed by atoms with E-state index < -0.39 is 11.4 Å². The second-order valence-electron chi connectivity index (χ2n) is 4.99. The molecule has 0 aliphatic carbocycles. The number of carbonyl (C=O) groups is 1. The molecule has 7 heteroatoms. The van der Waals surface area contributed by atoms with Crippen molar-refractivity contribution in [3.63, 3.8) is 0 Å². The maximum atomic E-state index is 11.6. The number of anilines is 1. The van der Waals surface area contributed by atoms with E-state index in [0.29, 0.717) is 38.4 Å². The van der Waals surface area contributed by atoms with Gasteiger partial charge in [-0.2, -0.15) is 5.10 Å². The van der Waals surface area contributed by atoms with Crippen molar-refractivity contribution in [3.05, 3.63) is 24.7 Å². The fourth-order valence-corrected chi connectivity index (χ4v) is 2.48. The van der Waals surface area contributed by atoms with Gasteiger partial charge in [-0.25, -0.2) is 9.50 Å². The number of carboxylic acid groups (broad SMARTS) is 1. The van der Waals surface area contributed by atoms with Crippen LogP contribution in [0.3, 0.4) is 0 Å². The van der Waals surface area contributed by atoms with E-state index in [4.69, 9.17) is 4.74 Å². The number of hydrogen-bond donors (Lipinski definition) is 2. The van der Waals surface area contributed by atoms with Crippen molar-refractivity contribution in [1.29, 1.82) is 0 Å². The molecule has 1 saturated heterocycles. The van der Waals surface area contributed by atoms with E-state index in [-0.39, 0.29) is 0 Å². The molecule has 20 heavy (non-hydrogen) atoms. The van der Waals surface area contributed by atoms with Crippen LogP contribution in [0.1, 0.15) is 12.8 Å². The van der Waals surface area contributed by atoms with Crippen LogP contribution >= 0.6 is 0 Å². The molecule has 0 aromatic carbocycles. The summed E-state index contributed by atoms with van der Waals surface area (Å²) in [6.45, 7) is 1.31. The normalized spacial score (nSPS) is 18.0. The smallest absolute Gasteiger partial charge is 0.311 e. The first kappa shape index (κ1) is 12.9. The summed E-state index contributed by atoms with van der Waals surface area (Å²) >= 11 is 0. The molecule has 106 valence electrons. The molecule has 2 aromatic heterocycles. The molecule has 3 rings (SSSR count). The summed E-state index contributed by atoms with van der Waals surface area (Å²) in [4.78, 5) is 15.8. The fraction of sp³-hybridized carbons (Fsp3) is 0.462. The summed E-state index contributed by atoms with van der Waals surface area (Å²) in [6, 6.07) is 1.84. The van der Waals surface area contributed by atoms with Gasteiger partial charge in [0.2, 0.25) is 0 Å². The number of nitrogens with one attached hydrogen (secondary N) is 1. The minimum absolute atomic E-state index is 0.337. The first-order valence-electron chi connectivity index (χ1n) is 6.55.